The molecule has 0 saturated carbocycles. The van der Waals surface area contributed by atoms with Gasteiger partial charge in [0.2, 0.25) is 21.8 Å². The lowest BCUT2D eigenvalue weighted by Gasteiger charge is -2.31. The average Bonchev–Trinajstić information content (AvgIpc) is 2.85. The van der Waals surface area contributed by atoms with Crippen LogP contribution in [0, 0.1) is 12.8 Å². The standard InChI is InChI=1S/C25H32N4O4S/c1-18-6-9-23(26-17-18)28-25(31)20-11-14-29(15-12-20)24(30)10-13-27-34(32,33)22-8-7-19-4-2-3-5-21(19)16-22/h6-9,16-17,20,27H,2-5,10-15H2,1H3,(H,26,28,31). The molecule has 182 valence electrons. The molecule has 1 aromatic carbocycles. The maximum atomic E-state index is 12.7. The van der Waals surface area contributed by atoms with E-state index >= 15 is 0 Å². The highest BCUT2D eigenvalue weighted by molar-refractivity contribution is 7.89. The first kappa shape index (κ1) is 24.3. The van der Waals surface area contributed by atoms with Crippen molar-refractivity contribution in [3.8, 4) is 0 Å². The van der Waals surface area contributed by atoms with Crippen LogP contribution in [0.2, 0.25) is 0 Å². The fourth-order valence-electron chi connectivity index (χ4n) is 4.57. The van der Waals surface area contributed by atoms with Gasteiger partial charge in [-0.3, -0.25) is 9.59 Å². The molecule has 0 unspecified atom stereocenters. The van der Waals surface area contributed by atoms with Gasteiger partial charge in [0, 0.05) is 38.2 Å². The minimum absolute atomic E-state index is 0.0533. The third kappa shape index (κ3) is 6.01. The molecule has 1 aromatic heterocycles. The van der Waals surface area contributed by atoms with E-state index in [4.69, 9.17) is 0 Å². The number of aryl methyl sites for hydroxylation is 3. The molecule has 2 amide bonds. The fourth-order valence-corrected chi connectivity index (χ4v) is 5.65. The van der Waals surface area contributed by atoms with E-state index in [1.54, 1.807) is 29.3 Å². The molecule has 1 fully saturated rings. The number of carbonyl (C=O) groups excluding carboxylic acids is 2. The summed E-state index contributed by atoms with van der Waals surface area (Å²) >= 11 is 0. The molecule has 1 aliphatic heterocycles. The Balaban J connectivity index is 1.22. The van der Waals surface area contributed by atoms with Gasteiger partial charge < -0.3 is 10.2 Å². The maximum absolute atomic E-state index is 12.7. The van der Waals surface area contributed by atoms with Gasteiger partial charge >= 0.3 is 0 Å². The summed E-state index contributed by atoms with van der Waals surface area (Å²) in [4.78, 5) is 31.3. The summed E-state index contributed by atoms with van der Waals surface area (Å²) < 4.78 is 27.9. The van der Waals surface area contributed by atoms with E-state index in [9.17, 15) is 18.0 Å². The summed E-state index contributed by atoms with van der Waals surface area (Å²) in [5.41, 5.74) is 3.36. The van der Waals surface area contributed by atoms with Gasteiger partial charge in [0.25, 0.3) is 0 Å². The number of fused-ring (bicyclic) bond motifs is 1. The van der Waals surface area contributed by atoms with E-state index < -0.39 is 10.0 Å². The summed E-state index contributed by atoms with van der Waals surface area (Å²) in [6.07, 6.45) is 7.08. The zero-order chi connectivity index (χ0) is 24.1. The molecular weight excluding hydrogens is 452 g/mol. The summed E-state index contributed by atoms with van der Waals surface area (Å²) in [6, 6.07) is 8.99. The van der Waals surface area contributed by atoms with Gasteiger partial charge in [0.05, 0.1) is 4.90 Å². The van der Waals surface area contributed by atoms with Crippen LogP contribution in [0.25, 0.3) is 0 Å². The molecule has 4 rings (SSSR count). The van der Waals surface area contributed by atoms with Gasteiger partial charge in [-0.1, -0.05) is 12.1 Å². The van der Waals surface area contributed by atoms with Crippen LogP contribution in [0.3, 0.4) is 0 Å². The van der Waals surface area contributed by atoms with Crippen molar-refractivity contribution in [3.63, 3.8) is 0 Å². The number of nitrogens with one attached hydrogen (secondary N) is 2. The zero-order valence-corrected chi connectivity index (χ0v) is 20.4. The number of benzene rings is 1. The second kappa shape index (κ2) is 10.7. The number of hydrogen-bond donors (Lipinski definition) is 2. The van der Waals surface area contributed by atoms with E-state index in [-0.39, 0.29) is 35.6 Å². The minimum atomic E-state index is -3.65. The van der Waals surface area contributed by atoms with Gasteiger partial charge in [0.15, 0.2) is 0 Å². The first-order valence-corrected chi connectivity index (χ1v) is 13.4. The molecule has 0 bridgehead atoms. The summed E-state index contributed by atoms with van der Waals surface area (Å²) in [6.45, 7) is 2.95. The molecule has 8 nitrogen and oxygen atoms in total. The highest BCUT2D eigenvalue weighted by atomic mass is 32.2. The third-order valence-electron chi connectivity index (χ3n) is 6.64. The Hall–Kier alpha value is -2.78. The highest BCUT2D eigenvalue weighted by Gasteiger charge is 2.27. The number of pyridine rings is 1. The minimum Gasteiger partial charge on any atom is -0.343 e. The number of likely N-dealkylation sites (tertiary alicyclic amines) is 1. The van der Waals surface area contributed by atoms with Crippen LogP contribution in [0.15, 0.2) is 41.4 Å². The van der Waals surface area contributed by atoms with E-state index in [1.165, 1.54) is 5.56 Å². The molecule has 2 aliphatic rings. The Labute approximate surface area is 201 Å². The Morgan fingerprint density at radius 3 is 2.50 bits per heavy atom. The first-order chi connectivity index (χ1) is 16.3. The molecule has 34 heavy (non-hydrogen) atoms. The van der Waals surface area contributed by atoms with Crippen LogP contribution in [0.5, 0.6) is 0 Å². The predicted octanol–water partition coefficient (Wildman–Crippen LogP) is 2.81. The van der Waals surface area contributed by atoms with Gasteiger partial charge in [-0.15, -0.1) is 0 Å². The Bertz CT molecular complexity index is 1140. The van der Waals surface area contributed by atoms with Gasteiger partial charge in [0.1, 0.15) is 5.82 Å². The zero-order valence-electron chi connectivity index (χ0n) is 19.5. The Morgan fingerprint density at radius 1 is 1.06 bits per heavy atom. The van der Waals surface area contributed by atoms with E-state index in [0.29, 0.717) is 31.7 Å². The van der Waals surface area contributed by atoms with Crippen molar-refractivity contribution in [2.24, 2.45) is 5.92 Å². The number of carbonyl (C=O) groups is 2. The van der Waals surface area contributed by atoms with Gasteiger partial charge in [-0.05, 0) is 80.3 Å². The number of aromatic nitrogens is 1. The van der Waals surface area contributed by atoms with Crippen LogP contribution in [0.1, 0.15) is 48.8 Å². The van der Waals surface area contributed by atoms with E-state index in [2.05, 4.69) is 15.0 Å². The number of hydrogen-bond acceptors (Lipinski definition) is 5. The SMILES string of the molecule is Cc1ccc(NC(=O)C2CCN(C(=O)CCNS(=O)(=O)c3ccc4c(c3)CCCC4)CC2)nc1. The molecule has 1 saturated heterocycles. The number of anilines is 1. The Morgan fingerprint density at radius 2 is 1.79 bits per heavy atom. The normalized spacial score (nSPS) is 16.7. The van der Waals surface area contributed by atoms with Crippen LogP contribution < -0.4 is 10.0 Å². The third-order valence-corrected chi connectivity index (χ3v) is 8.10. The number of rotatable bonds is 7. The molecule has 0 atom stereocenters. The number of sulfonamides is 1. The van der Waals surface area contributed by atoms with Crippen LogP contribution >= 0.6 is 0 Å². The average molecular weight is 485 g/mol. The lowest BCUT2D eigenvalue weighted by atomic mass is 9.92. The van der Waals surface area contributed by atoms with Gasteiger partial charge in [-0.2, -0.15) is 0 Å². The predicted molar refractivity (Wildman–Crippen MR) is 130 cm³/mol. The first-order valence-electron chi connectivity index (χ1n) is 11.9. The largest absolute Gasteiger partial charge is 0.343 e. The fraction of sp³-hybridized carbons (Fsp3) is 0.480. The van der Waals surface area contributed by atoms with Crippen LogP contribution in [0.4, 0.5) is 5.82 Å². The van der Waals surface area contributed by atoms with E-state index in [1.807, 2.05) is 19.1 Å². The van der Waals surface area contributed by atoms with Crippen LogP contribution in [-0.4, -0.2) is 49.8 Å². The molecule has 9 heteroatoms. The van der Waals surface area contributed by atoms with E-state index in [0.717, 1.165) is 36.8 Å². The molecule has 0 radical (unpaired) electrons. The van der Waals surface area contributed by atoms with Crippen molar-refractivity contribution in [2.45, 2.75) is 56.8 Å². The van der Waals surface area contributed by atoms with Crippen molar-refractivity contribution in [2.75, 3.05) is 25.0 Å². The van der Waals surface area contributed by atoms with Crippen molar-refractivity contribution < 1.29 is 18.0 Å². The summed E-state index contributed by atoms with van der Waals surface area (Å²) in [5.74, 6) is 0.170. The molecule has 2 heterocycles. The molecule has 2 N–H and O–H groups in total. The van der Waals surface area contributed by atoms with Crippen molar-refractivity contribution in [1.29, 1.82) is 0 Å². The van der Waals surface area contributed by atoms with Gasteiger partial charge in [-0.25, -0.2) is 18.1 Å². The lowest BCUT2D eigenvalue weighted by Crippen LogP contribution is -2.42. The smallest absolute Gasteiger partial charge is 0.240 e. The Kier molecular flexibility index (Phi) is 7.63. The highest BCUT2D eigenvalue weighted by Crippen LogP contribution is 2.24. The van der Waals surface area contributed by atoms with Crippen molar-refractivity contribution in [3.05, 3.63) is 53.2 Å². The number of amides is 2. The summed E-state index contributed by atoms with van der Waals surface area (Å²) in [7, 11) is -3.65. The van der Waals surface area contributed by atoms with Crippen molar-refractivity contribution >= 4 is 27.7 Å². The second-order valence-electron chi connectivity index (χ2n) is 9.15. The maximum Gasteiger partial charge on any atom is 0.240 e. The second-order valence-corrected chi connectivity index (χ2v) is 10.9. The molecule has 0 spiro atoms. The molecular formula is C25H32N4O4S. The number of piperidine rings is 1. The van der Waals surface area contributed by atoms with Crippen molar-refractivity contribution in [1.82, 2.24) is 14.6 Å². The lowest BCUT2D eigenvalue weighted by molar-refractivity contribution is -0.134. The number of nitrogens with zero attached hydrogens (tertiary/aromatic N) is 2. The monoisotopic (exact) mass is 484 g/mol. The van der Waals surface area contributed by atoms with Crippen LogP contribution in [-0.2, 0) is 32.5 Å². The summed E-state index contributed by atoms with van der Waals surface area (Å²) in [5, 5.41) is 2.84. The molecule has 1 aliphatic carbocycles. The molecule has 2 aromatic rings. The quantitative estimate of drug-likeness (QED) is 0.628. The topological polar surface area (TPSA) is 108 Å².